The van der Waals surface area contributed by atoms with Gasteiger partial charge in [0.2, 0.25) is 0 Å². The predicted molar refractivity (Wildman–Crippen MR) is 87.4 cm³/mol. The molecule has 116 valence electrons. The van der Waals surface area contributed by atoms with E-state index in [9.17, 15) is 0 Å². The van der Waals surface area contributed by atoms with Crippen molar-refractivity contribution in [1.82, 2.24) is 5.32 Å². The first-order valence-corrected chi connectivity index (χ1v) is 8.75. The van der Waals surface area contributed by atoms with E-state index >= 15 is 0 Å². The molecule has 1 spiro atoms. The van der Waals surface area contributed by atoms with Crippen LogP contribution in [0.3, 0.4) is 0 Å². The fraction of sp³-hybridized carbons (Fsp3) is 0.684. The Labute approximate surface area is 129 Å². The highest BCUT2D eigenvalue weighted by Crippen LogP contribution is 2.44. The number of hydrogen-bond acceptors (Lipinski definition) is 2. The summed E-state index contributed by atoms with van der Waals surface area (Å²) in [6.07, 6.45) is 9.07. The van der Waals surface area contributed by atoms with Gasteiger partial charge in [0.15, 0.2) is 0 Å². The molecule has 1 aliphatic carbocycles. The zero-order valence-corrected chi connectivity index (χ0v) is 13.3. The first-order valence-electron chi connectivity index (χ1n) is 8.75. The molecule has 3 rings (SSSR count). The summed E-state index contributed by atoms with van der Waals surface area (Å²) in [5, 5.41) is 3.74. The molecule has 1 saturated carbocycles. The smallest absolute Gasteiger partial charge is 0.0686 e. The van der Waals surface area contributed by atoms with Gasteiger partial charge in [-0.1, -0.05) is 56.5 Å². The highest BCUT2D eigenvalue weighted by molar-refractivity contribution is 5.20. The normalized spacial score (nSPS) is 26.6. The average Bonchev–Trinajstić information content (AvgIpc) is 2.54. The Morgan fingerprint density at radius 2 is 1.95 bits per heavy atom. The van der Waals surface area contributed by atoms with E-state index in [-0.39, 0.29) is 5.60 Å². The summed E-state index contributed by atoms with van der Waals surface area (Å²) in [5.41, 5.74) is 1.64. The van der Waals surface area contributed by atoms with Crippen LogP contribution in [0.2, 0.25) is 0 Å². The maximum atomic E-state index is 6.27. The van der Waals surface area contributed by atoms with Crippen molar-refractivity contribution in [2.24, 2.45) is 5.92 Å². The maximum Gasteiger partial charge on any atom is 0.0686 e. The highest BCUT2D eigenvalue weighted by atomic mass is 16.5. The molecular formula is C19H29NO. The van der Waals surface area contributed by atoms with Gasteiger partial charge in [-0.2, -0.15) is 0 Å². The molecule has 0 bridgehead atoms. The van der Waals surface area contributed by atoms with Crippen LogP contribution in [-0.4, -0.2) is 18.8 Å². The topological polar surface area (TPSA) is 21.3 Å². The van der Waals surface area contributed by atoms with Crippen molar-refractivity contribution in [3.8, 4) is 0 Å². The van der Waals surface area contributed by atoms with Crippen molar-refractivity contribution in [2.45, 2.75) is 63.5 Å². The van der Waals surface area contributed by atoms with Crippen LogP contribution in [0.1, 0.15) is 63.5 Å². The summed E-state index contributed by atoms with van der Waals surface area (Å²) < 4.78 is 6.27. The molecule has 2 atom stereocenters. The Hall–Kier alpha value is -0.860. The van der Waals surface area contributed by atoms with Gasteiger partial charge in [-0.15, -0.1) is 0 Å². The van der Waals surface area contributed by atoms with E-state index in [1.54, 1.807) is 0 Å². The molecule has 0 amide bonds. The Morgan fingerprint density at radius 1 is 1.19 bits per heavy atom. The van der Waals surface area contributed by atoms with E-state index in [2.05, 4.69) is 42.6 Å². The molecule has 0 aromatic heterocycles. The predicted octanol–water partition coefficient (Wildman–Crippen LogP) is 4.47. The van der Waals surface area contributed by atoms with Crippen molar-refractivity contribution in [1.29, 1.82) is 0 Å². The molecule has 0 radical (unpaired) electrons. The zero-order chi connectivity index (χ0) is 14.5. The molecule has 2 aliphatic rings. The second-order valence-corrected chi connectivity index (χ2v) is 6.79. The molecule has 1 heterocycles. The highest BCUT2D eigenvalue weighted by Gasteiger charge is 2.40. The monoisotopic (exact) mass is 287 g/mol. The Balaban J connectivity index is 1.76. The molecule has 2 unspecified atom stereocenters. The van der Waals surface area contributed by atoms with Crippen LogP contribution in [0.5, 0.6) is 0 Å². The number of ether oxygens (including phenoxy) is 1. The van der Waals surface area contributed by atoms with Crippen LogP contribution >= 0.6 is 0 Å². The average molecular weight is 287 g/mol. The molecular weight excluding hydrogens is 258 g/mol. The number of hydrogen-bond donors (Lipinski definition) is 1. The first kappa shape index (κ1) is 15.1. The molecule has 2 fully saturated rings. The van der Waals surface area contributed by atoms with Crippen LogP contribution in [0.15, 0.2) is 30.3 Å². The van der Waals surface area contributed by atoms with Crippen LogP contribution < -0.4 is 5.32 Å². The van der Waals surface area contributed by atoms with E-state index in [4.69, 9.17) is 4.74 Å². The molecule has 1 aliphatic heterocycles. The van der Waals surface area contributed by atoms with Gasteiger partial charge < -0.3 is 10.1 Å². The summed E-state index contributed by atoms with van der Waals surface area (Å²) in [6.45, 7) is 4.19. The SMILES string of the molecule is CCNC(c1ccccc1)C1CCOC2(CCCCC2)C1. The largest absolute Gasteiger partial charge is 0.375 e. The minimum atomic E-state index is 0.198. The third-order valence-corrected chi connectivity index (χ3v) is 5.35. The summed E-state index contributed by atoms with van der Waals surface area (Å²) in [5.74, 6) is 0.708. The van der Waals surface area contributed by atoms with Gasteiger partial charge in [0.05, 0.1) is 5.60 Å². The molecule has 1 saturated heterocycles. The van der Waals surface area contributed by atoms with Crippen LogP contribution in [0.4, 0.5) is 0 Å². The standard InChI is InChI=1S/C19H29NO/c1-2-20-18(16-9-5-3-6-10-16)17-11-14-21-19(15-17)12-7-4-8-13-19/h3,5-6,9-10,17-18,20H,2,4,7-8,11-15H2,1H3. The Kier molecular flexibility index (Phi) is 4.97. The molecule has 1 aromatic carbocycles. The lowest BCUT2D eigenvalue weighted by atomic mass is 9.73. The maximum absolute atomic E-state index is 6.27. The molecule has 2 nitrogen and oxygen atoms in total. The van der Waals surface area contributed by atoms with Gasteiger partial charge >= 0.3 is 0 Å². The summed E-state index contributed by atoms with van der Waals surface area (Å²) in [6, 6.07) is 11.5. The summed E-state index contributed by atoms with van der Waals surface area (Å²) in [4.78, 5) is 0. The quantitative estimate of drug-likeness (QED) is 0.882. The molecule has 1 N–H and O–H groups in total. The van der Waals surface area contributed by atoms with Gasteiger partial charge in [0, 0.05) is 12.6 Å². The minimum Gasteiger partial charge on any atom is -0.375 e. The lowest BCUT2D eigenvalue weighted by Gasteiger charge is -2.45. The third kappa shape index (κ3) is 3.49. The number of rotatable bonds is 4. The van der Waals surface area contributed by atoms with E-state index in [1.807, 2.05) is 0 Å². The second kappa shape index (κ2) is 6.93. The van der Waals surface area contributed by atoms with Gasteiger partial charge in [0.1, 0.15) is 0 Å². The molecule has 2 heteroatoms. The molecule has 21 heavy (non-hydrogen) atoms. The lowest BCUT2D eigenvalue weighted by Crippen LogP contribution is -2.44. The fourth-order valence-electron chi connectivity index (χ4n) is 4.33. The van der Waals surface area contributed by atoms with E-state index in [1.165, 1.54) is 50.5 Å². The van der Waals surface area contributed by atoms with Gasteiger partial charge in [-0.25, -0.2) is 0 Å². The minimum absolute atomic E-state index is 0.198. The van der Waals surface area contributed by atoms with E-state index in [0.717, 1.165) is 13.2 Å². The molecule has 1 aromatic rings. The van der Waals surface area contributed by atoms with Crippen molar-refractivity contribution in [3.05, 3.63) is 35.9 Å². The Morgan fingerprint density at radius 3 is 2.67 bits per heavy atom. The number of benzene rings is 1. The summed E-state index contributed by atoms with van der Waals surface area (Å²) >= 11 is 0. The Bertz CT molecular complexity index is 419. The lowest BCUT2D eigenvalue weighted by molar-refractivity contribution is -0.122. The van der Waals surface area contributed by atoms with Gasteiger partial charge in [0.25, 0.3) is 0 Å². The van der Waals surface area contributed by atoms with Crippen LogP contribution in [0.25, 0.3) is 0 Å². The van der Waals surface area contributed by atoms with E-state index in [0.29, 0.717) is 12.0 Å². The van der Waals surface area contributed by atoms with Crippen LogP contribution in [0, 0.1) is 5.92 Å². The first-order chi connectivity index (χ1) is 10.3. The van der Waals surface area contributed by atoms with E-state index < -0.39 is 0 Å². The van der Waals surface area contributed by atoms with Crippen molar-refractivity contribution < 1.29 is 4.74 Å². The van der Waals surface area contributed by atoms with Crippen molar-refractivity contribution in [3.63, 3.8) is 0 Å². The zero-order valence-electron chi connectivity index (χ0n) is 13.3. The third-order valence-electron chi connectivity index (χ3n) is 5.35. The van der Waals surface area contributed by atoms with Crippen LogP contribution in [-0.2, 0) is 4.74 Å². The van der Waals surface area contributed by atoms with Crippen molar-refractivity contribution >= 4 is 0 Å². The van der Waals surface area contributed by atoms with Gasteiger partial charge in [-0.3, -0.25) is 0 Å². The summed E-state index contributed by atoms with van der Waals surface area (Å²) in [7, 11) is 0. The second-order valence-electron chi connectivity index (χ2n) is 6.79. The van der Waals surface area contributed by atoms with Gasteiger partial charge in [-0.05, 0) is 43.7 Å². The number of nitrogens with one attached hydrogen (secondary N) is 1. The van der Waals surface area contributed by atoms with Crippen molar-refractivity contribution in [2.75, 3.05) is 13.2 Å². The fourth-order valence-corrected chi connectivity index (χ4v) is 4.33.